The lowest BCUT2D eigenvalue weighted by Gasteiger charge is -2.33. The first-order chi connectivity index (χ1) is 11.4. The van der Waals surface area contributed by atoms with E-state index >= 15 is 0 Å². The summed E-state index contributed by atoms with van der Waals surface area (Å²) in [5.41, 5.74) is 2.73. The minimum atomic E-state index is -3.43. The lowest BCUT2D eigenvalue weighted by atomic mass is 10.2. The molecule has 3 rings (SSSR count). The standard InChI is InChI=1S/C17H23N3O3S/c1-13-4-5-17(14(2)10-13)24(21,22)20-8-6-19(7-9-20)12-16-11-15(3)18-23-16/h4-5,10-11H,6-9,12H2,1-3H3. The Kier molecular flexibility index (Phi) is 4.76. The van der Waals surface area contributed by atoms with Gasteiger partial charge >= 0.3 is 0 Å². The summed E-state index contributed by atoms with van der Waals surface area (Å²) in [6.45, 7) is 8.72. The van der Waals surface area contributed by atoms with Crippen LogP contribution in [0.3, 0.4) is 0 Å². The third-order valence-corrected chi connectivity index (χ3v) is 6.39. The van der Waals surface area contributed by atoms with Gasteiger partial charge in [0.1, 0.15) is 0 Å². The van der Waals surface area contributed by atoms with Gasteiger partial charge in [-0.05, 0) is 32.4 Å². The maximum atomic E-state index is 12.9. The lowest BCUT2D eigenvalue weighted by molar-refractivity contribution is 0.166. The molecule has 1 aliphatic heterocycles. The summed E-state index contributed by atoms with van der Waals surface area (Å²) in [7, 11) is -3.43. The van der Waals surface area contributed by atoms with E-state index in [1.54, 1.807) is 10.4 Å². The van der Waals surface area contributed by atoms with Gasteiger partial charge in [0.2, 0.25) is 10.0 Å². The summed E-state index contributed by atoms with van der Waals surface area (Å²) in [5, 5.41) is 3.88. The van der Waals surface area contributed by atoms with Gasteiger partial charge in [0.15, 0.2) is 5.76 Å². The van der Waals surface area contributed by atoms with Crippen molar-refractivity contribution in [2.45, 2.75) is 32.2 Å². The zero-order valence-corrected chi connectivity index (χ0v) is 15.1. The van der Waals surface area contributed by atoms with E-state index in [2.05, 4.69) is 10.1 Å². The van der Waals surface area contributed by atoms with Crippen molar-refractivity contribution >= 4 is 10.0 Å². The number of hydrogen-bond acceptors (Lipinski definition) is 5. The average molecular weight is 349 g/mol. The zero-order valence-electron chi connectivity index (χ0n) is 14.3. The molecular weight excluding hydrogens is 326 g/mol. The van der Waals surface area contributed by atoms with Gasteiger partial charge in [0.25, 0.3) is 0 Å². The Morgan fingerprint density at radius 1 is 1.08 bits per heavy atom. The molecule has 7 heteroatoms. The molecule has 6 nitrogen and oxygen atoms in total. The van der Waals surface area contributed by atoms with Crippen molar-refractivity contribution in [2.24, 2.45) is 0 Å². The molecule has 0 amide bonds. The van der Waals surface area contributed by atoms with Gasteiger partial charge in [-0.15, -0.1) is 0 Å². The number of aryl methyl sites for hydroxylation is 3. The summed E-state index contributed by atoms with van der Waals surface area (Å²) in [6, 6.07) is 7.39. The summed E-state index contributed by atoms with van der Waals surface area (Å²) >= 11 is 0. The van der Waals surface area contributed by atoms with Crippen molar-refractivity contribution in [1.82, 2.24) is 14.4 Å². The maximum Gasteiger partial charge on any atom is 0.243 e. The summed E-state index contributed by atoms with van der Waals surface area (Å²) in [4.78, 5) is 2.60. The molecule has 0 spiro atoms. The van der Waals surface area contributed by atoms with Gasteiger partial charge in [-0.1, -0.05) is 22.9 Å². The minimum Gasteiger partial charge on any atom is -0.360 e. The Balaban J connectivity index is 1.67. The van der Waals surface area contributed by atoms with Crippen molar-refractivity contribution in [2.75, 3.05) is 26.2 Å². The van der Waals surface area contributed by atoms with Crippen molar-refractivity contribution < 1.29 is 12.9 Å². The molecule has 24 heavy (non-hydrogen) atoms. The summed E-state index contributed by atoms with van der Waals surface area (Å²) in [5.74, 6) is 0.818. The molecule has 1 aliphatic rings. The topological polar surface area (TPSA) is 66.7 Å². The normalized spacial score (nSPS) is 17.3. The van der Waals surface area contributed by atoms with Crippen LogP contribution in [0.2, 0.25) is 0 Å². The molecule has 1 saturated heterocycles. The van der Waals surface area contributed by atoms with Gasteiger partial charge in [-0.25, -0.2) is 8.42 Å². The lowest BCUT2D eigenvalue weighted by Crippen LogP contribution is -2.48. The number of piperazine rings is 1. The highest BCUT2D eigenvalue weighted by Gasteiger charge is 2.29. The molecular formula is C17H23N3O3S. The molecule has 2 aromatic rings. The van der Waals surface area contributed by atoms with Crippen LogP contribution in [0.4, 0.5) is 0 Å². The molecule has 0 unspecified atom stereocenters. The number of rotatable bonds is 4. The molecule has 0 atom stereocenters. The highest BCUT2D eigenvalue weighted by Crippen LogP contribution is 2.22. The largest absolute Gasteiger partial charge is 0.360 e. The van der Waals surface area contributed by atoms with Crippen LogP contribution in [-0.4, -0.2) is 49.0 Å². The molecule has 0 radical (unpaired) electrons. The Bertz CT molecular complexity index is 821. The monoisotopic (exact) mass is 349 g/mol. The Labute approximate surface area is 143 Å². The van der Waals surface area contributed by atoms with E-state index in [0.29, 0.717) is 37.6 Å². The fourth-order valence-electron chi connectivity index (χ4n) is 3.07. The van der Waals surface area contributed by atoms with E-state index in [1.165, 1.54) is 0 Å². The van der Waals surface area contributed by atoms with Crippen LogP contribution in [0.5, 0.6) is 0 Å². The van der Waals surface area contributed by atoms with Gasteiger partial charge < -0.3 is 4.52 Å². The van der Waals surface area contributed by atoms with Crippen LogP contribution in [-0.2, 0) is 16.6 Å². The second-order valence-corrected chi connectivity index (χ2v) is 8.29. The summed E-state index contributed by atoms with van der Waals surface area (Å²) < 4.78 is 32.5. The quantitative estimate of drug-likeness (QED) is 0.846. The van der Waals surface area contributed by atoms with Gasteiger partial charge in [-0.3, -0.25) is 4.90 Å². The molecule has 0 bridgehead atoms. The third-order valence-electron chi connectivity index (χ3n) is 4.34. The number of aromatic nitrogens is 1. The number of nitrogens with zero attached hydrogens (tertiary/aromatic N) is 3. The predicted molar refractivity (Wildman–Crippen MR) is 91.2 cm³/mol. The predicted octanol–water partition coefficient (Wildman–Crippen LogP) is 2.11. The van der Waals surface area contributed by atoms with E-state index < -0.39 is 10.0 Å². The minimum absolute atomic E-state index is 0.410. The molecule has 2 heterocycles. The van der Waals surface area contributed by atoms with Gasteiger partial charge in [0, 0.05) is 32.2 Å². The first-order valence-corrected chi connectivity index (χ1v) is 9.52. The van der Waals surface area contributed by atoms with Crippen LogP contribution in [0.1, 0.15) is 22.6 Å². The molecule has 0 aliphatic carbocycles. The van der Waals surface area contributed by atoms with Crippen molar-refractivity contribution in [1.29, 1.82) is 0 Å². The highest BCUT2D eigenvalue weighted by molar-refractivity contribution is 7.89. The fourth-order valence-corrected chi connectivity index (χ4v) is 4.70. The molecule has 0 N–H and O–H groups in total. The van der Waals surface area contributed by atoms with E-state index in [9.17, 15) is 8.42 Å². The van der Waals surface area contributed by atoms with E-state index in [1.807, 2.05) is 39.0 Å². The van der Waals surface area contributed by atoms with Gasteiger partial charge in [0.05, 0.1) is 17.1 Å². The van der Waals surface area contributed by atoms with Gasteiger partial charge in [-0.2, -0.15) is 4.31 Å². The average Bonchev–Trinajstić information content (AvgIpc) is 2.92. The fraction of sp³-hybridized carbons (Fsp3) is 0.471. The van der Waals surface area contributed by atoms with E-state index in [0.717, 1.165) is 22.6 Å². The first-order valence-electron chi connectivity index (χ1n) is 8.08. The van der Waals surface area contributed by atoms with Crippen molar-refractivity contribution in [3.8, 4) is 0 Å². The third kappa shape index (κ3) is 3.53. The van der Waals surface area contributed by atoms with Crippen LogP contribution in [0.25, 0.3) is 0 Å². The van der Waals surface area contributed by atoms with Crippen molar-refractivity contribution in [3.05, 3.63) is 46.8 Å². The Morgan fingerprint density at radius 3 is 2.38 bits per heavy atom. The van der Waals surface area contributed by atoms with E-state index in [4.69, 9.17) is 4.52 Å². The number of hydrogen-bond donors (Lipinski definition) is 0. The molecule has 1 aromatic carbocycles. The Morgan fingerprint density at radius 2 is 1.79 bits per heavy atom. The second kappa shape index (κ2) is 6.66. The second-order valence-electron chi connectivity index (χ2n) is 6.38. The van der Waals surface area contributed by atoms with Crippen molar-refractivity contribution in [3.63, 3.8) is 0 Å². The number of benzene rings is 1. The number of sulfonamides is 1. The smallest absolute Gasteiger partial charge is 0.243 e. The molecule has 130 valence electrons. The van der Waals surface area contributed by atoms with E-state index in [-0.39, 0.29) is 0 Å². The summed E-state index contributed by atoms with van der Waals surface area (Å²) in [6.07, 6.45) is 0. The van der Waals surface area contributed by atoms with Crippen LogP contribution < -0.4 is 0 Å². The molecule has 0 saturated carbocycles. The Hall–Kier alpha value is -1.70. The highest BCUT2D eigenvalue weighted by atomic mass is 32.2. The maximum absolute atomic E-state index is 12.9. The van der Waals surface area contributed by atoms with Crippen LogP contribution >= 0.6 is 0 Å². The molecule has 1 fully saturated rings. The molecule has 1 aromatic heterocycles. The SMILES string of the molecule is Cc1ccc(S(=O)(=O)N2CCN(Cc3cc(C)no3)CC2)c(C)c1. The van der Waals surface area contributed by atoms with Crippen LogP contribution in [0.15, 0.2) is 33.7 Å². The first kappa shape index (κ1) is 17.1. The zero-order chi connectivity index (χ0) is 17.3. The van der Waals surface area contributed by atoms with Crippen LogP contribution in [0, 0.1) is 20.8 Å².